The van der Waals surface area contributed by atoms with E-state index in [1.807, 2.05) is 0 Å². The van der Waals surface area contributed by atoms with E-state index in [1.165, 1.54) is 18.6 Å². The smallest absolute Gasteiger partial charge is 0.195 e. The largest absolute Gasteiger partial charge is 0.441 e. The van der Waals surface area contributed by atoms with Gasteiger partial charge in [-0.25, -0.2) is 9.37 Å². The van der Waals surface area contributed by atoms with Gasteiger partial charge in [0, 0.05) is 12.5 Å². The summed E-state index contributed by atoms with van der Waals surface area (Å²) in [5.74, 6) is 1.17. The van der Waals surface area contributed by atoms with Crippen LogP contribution in [0, 0.1) is 11.7 Å². The standard InChI is InChI=1S/C13H15FN2O/c14-10-2-3-11-12(7-10)17-13(16-11)4-1-9-5-6-15-8-9/h2-3,7,9,15H,1,4-6,8H2. The van der Waals surface area contributed by atoms with Gasteiger partial charge in [0.2, 0.25) is 0 Å². The molecule has 3 rings (SSSR count). The average molecular weight is 234 g/mol. The van der Waals surface area contributed by atoms with Crippen LogP contribution in [0.2, 0.25) is 0 Å². The molecular weight excluding hydrogens is 219 g/mol. The molecule has 0 spiro atoms. The summed E-state index contributed by atoms with van der Waals surface area (Å²) < 4.78 is 18.5. The van der Waals surface area contributed by atoms with E-state index in [1.54, 1.807) is 6.07 Å². The highest BCUT2D eigenvalue weighted by molar-refractivity contribution is 5.72. The van der Waals surface area contributed by atoms with Gasteiger partial charge < -0.3 is 9.73 Å². The van der Waals surface area contributed by atoms with Crippen LogP contribution in [0.15, 0.2) is 22.6 Å². The van der Waals surface area contributed by atoms with Crippen LogP contribution >= 0.6 is 0 Å². The van der Waals surface area contributed by atoms with Crippen molar-refractivity contribution in [1.82, 2.24) is 10.3 Å². The predicted octanol–water partition coefficient (Wildman–Crippen LogP) is 2.51. The van der Waals surface area contributed by atoms with Crippen LogP contribution < -0.4 is 5.32 Å². The van der Waals surface area contributed by atoms with Gasteiger partial charge in [-0.3, -0.25) is 0 Å². The van der Waals surface area contributed by atoms with Gasteiger partial charge >= 0.3 is 0 Å². The molecule has 0 saturated carbocycles. The molecule has 17 heavy (non-hydrogen) atoms. The number of benzene rings is 1. The van der Waals surface area contributed by atoms with Crippen molar-refractivity contribution in [3.63, 3.8) is 0 Å². The van der Waals surface area contributed by atoms with Crippen LogP contribution in [-0.4, -0.2) is 18.1 Å². The molecule has 2 heterocycles. The zero-order chi connectivity index (χ0) is 11.7. The Morgan fingerprint density at radius 3 is 3.24 bits per heavy atom. The van der Waals surface area contributed by atoms with Crippen LogP contribution in [0.1, 0.15) is 18.7 Å². The van der Waals surface area contributed by atoms with Gasteiger partial charge in [0.1, 0.15) is 11.3 Å². The molecule has 0 amide bonds. The summed E-state index contributed by atoms with van der Waals surface area (Å²) in [4.78, 5) is 4.36. The first-order chi connectivity index (χ1) is 8.31. The molecule has 1 aromatic heterocycles. The number of hydrogen-bond acceptors (Lipinski definition) is 3. The van der Waals surface area contributed by atoms with Gasteiger partial charge in [-0.1, -0.05) is 0 Å². The van der Waals surface area contributed by atoms with Gasteiger partial charge in [0.25, 0.3) is 0 Å². The Balaban J connectivity index is 1.72. The number of halogens is 1. The number of nitrogens with one attached hydrogen (secondary N) is 1. The van der Waals surface area contributed by atoms with Gasteiger partial charge in [0.05, 0.1) is 0 Å². The highest BCUT2D eigenvalue weighted by atomic mass is 19.1. The Bertz CT molecular complexity index is 517. The molecule has 1 aliphatic heterocycles. The van der Waals surface area contributed by atoms with Crippen molar-refractivity contribution in [3.05, 3.63) is 29.9 Å². The molecule has 1 N–H and O–H groups in total. The number of fused-ring (bicyclic) bond motifs is 1. The van der Waals surface area contributed by atoms with Crippen molar-refractivity contribution in [2.75, 3.05) is 13.1 Å². The van der Waals surface area contributed by atoms with Crippen molar-refractivity contribution < 1.29 is 8.81 Å². The molecule has 1 unspecified atom stereocenters. The Morgan fingerprint density at radius 2 is 2.41 bits per heavy atom. The minimum atomic E-state index is -0.278. The van der Waals surface area contributed by atoms with E-state index in [4.69, 9.17) is 4.42 Å². The zero-order valence-electron chi connectivity index (χ0n) is 9.58. The van der Waals surface area contributed by atoms with Gasteiger partial charge in [0.15, 0.2) is 11.5 Å². The fourth-order valence-corrected chi connectivity index (χ4v) is 2.34. The first-order valence-corrected chi connectivity index (χ1v) is 6.07. The highest BCUT2D eigenvalue weighted by Crippen LogP contribution is 2.20. The molecule has 1 fully saturated rings. The average Bonchev–Trinajstić information content (AvgIpc) is 2.94. The normalized spacial score (nSPS) is 20.2. The SMILES string of the molecule is Fc1ccc2nc(CCC3CCNC3)oc2c1. The molecule has 3 nitrogen and oxygen atoms in total. The van der Waals surface area contributed by atoms with Crippen LogP contribution in [0.25, 0.3) is 11.1 Å². The third kappa shape index (κ3) is 2.31. The van der Waals surface area contributed by atoms with Crippen molar-refractivity contribution in [2.45, 2.75) is 19.3 Å². The molecular formula is C13H15FN2O. The maximum Gasteiger partial charge on any atom is 0.195 e. The van der Waals surface area contributed by atoms with Crippen LogP contribution in [-0.2, 0) is 6.42 Å². The lowest BCUT2D eigenvalue weighted by Crippen LogP contribution is -2.09. The number of aryl methyl sites for hydroxylation is 1. The van der Waals surface area contributed by atoms with Gasteiger partial charge in [-0.15, -0.1) is 0 Å². The number of oxazole rings is 1. The fraction of sp³-hybridized carbons (Fsp3) is 0.462. The first-order valence-electron chi connectivity index (χ1n) is 6.07. The minimum Gasteiger partial charge on any atom is -0.441 e. The van der Waals surface area contributed by atoms with E-state index in [0.717, 1.165) is 43.3 Å². The first kappa shape index (κ1) is 10.7. The minimum absolute atomic E-state index is 0.278. The molecule has 2 aromatic rings. The van der Waals surface area contributed by atoms with Crippen molar-refractivity contribution in [2.24, 2.45) is 5.92 Å². The Hall–Kier alpha value is -1.42. The van der Waals surface area contributed by atoms with E-state index < -0.39 is 0 Å². The third-order valence-corrected chi connectivity index (χ3v) is 3.32. The Morgan fingerprint density at radius 1 is 1.47 bits per heavy atom. The molecule has 1 atom stereocenters. The topological polar surface area (TPSA) is 38.1 Å². The second-order valence-electron chi connectivity index (χ2n) is 4.62. The molecule has 4 heteroatoms. The number of hydrogen-bond donors (Lipinski definition) is 1. The lowest BCUT2D eigenvalue weighted by molar-refractivity contribution is 0.465. The second-order valence-corrected chi connectivity index (χ2v) is 4.62. The second kappa shape index (κ2) is 4.45. The molecule has 90 valence electrons. The molecule has 1 aromatic carbocycles. The summed E-state index contributed by atoms with van der Waals surface area (Å²) in [6.45, 7) is 2.21. The van der Waals surface area contributed by atoms with Crippen molar-refractivity contribution in [3.8, 4) is 0 Å². The van der Waals surface area contributed by atoms with E-state index in [0.29, 0.717) is 5.58 Å². The number of aromatic nitrogens is 1. The third-order valence-electron chi connectivity index (χ3n) is 3.32. The van der Waals surface area contributed by atoms with Crippen LogP contribution in [0.4, 0.5) is 4.39 Å². The van der Waals surface area contributed by atoms with E-state index in [9.17, 15) is 4.39 Å². The maximum atomic E-state index is 13.0. The van der Waals surface area contributed by atoms with Crippen LogP contribution in [0.5, 0.6) is 0 Å². The van der Waals surface area contributed by atoms with E-state index in [-0.39, 0.29) is 5.82 Å². The number of rotatable bonds is 3. The summed E-state index contributed by atoms with van der Waals surface area (Å²) in [5, 5.41) is 3.34. The van der Waals surface area contributed by atoms with E-state index >= 15 is 0 Å². The summed E-state index contributed by atoms with van der Waals surface area (Å²) in [7, 11) is 0. The molecule has 0 radical (unpaired) electrons. The quantitative estimate of drug-likeness (QED) is 0.886. The summed E-state index contributed by atoms with van der Waals surface area (Å²) in [5.41, 5.74) is 1.29. The molecule has 1 aliphatic rings. The number of nitrogens with zero attached hydrogens (tertiary/aromatic N) is 1. The van der Waals surface area contributed by atoms with Gasteiger partial charge in [-0.05, 0) is 44.0 Å². The van der Waals surface area contributed by atoms with Crippen molar-refractivity contribution >= 4 is 11.1 Å². The molecule has 0 aliphatic carbocycles. The zero-order valence-corrected chi connectivity index (χ0v) is 9.58. The monoisotopic (exact) mass is 234 g/mol. The molecule has 0 bridgehead atoms. The Kier molecular flexibility index (Phi) is 2.81. The summed E-state index contributed by atoms with van der Waals surface area (Å²) in [6, 6.07) is 4.47. The van der Waals surface area contributed by atoms with Gasteiger partial charge in [-0.2, -0.15) is 0 Å². The Labute approximate surface area is 99.0 Å². The van der Waals surface area contributed by atoms with E-state index in [2.05, 4.69) is 10.3 Å². The lowest BCUT2D eigenvalue weighted by Gasteiger charge is -2.04. The maximum absolute atomic E-state index is 13.0. The highest BCUT2D eigenvalue weighted by Gasteiger charge is 2.15. The summed E-state index contributed by atoms with van der Waals surface area (Å²) in [6.07, 6.45) is 3.15. The van der Waals surface area contributed by atoms with Crippen molar-refractivity contribution in [1.29, 1.82) is 0 Å². The molecule has 1 saturated heterocycles. The fourth-order valence-electron chi connectivity index (χ4n) is 2.34. The van der Waals surface area contributed by atoms with Crippen LogP contribution in [0.3, 0.4) is 0 Å². The summed E-state index contributed by atoms with van der Waals surface area (Å²) >= 11 is 0. The lowest BCUT2D eigenvalue weighted by atomic mass is 10.0. The predicted molar refractivity (Wildman–Crippen MR) is 63.3 cm³/mol.